The third kappa shape index (κ3) is 2.92. The average Bonchev–Trinajstić information content (AvgIpc) is 2.96. The normalized spacial score (nSPS) is 15.1. The SMILES string of the molecule is C=CCOC(=O)c1cc2cc(N3CCNCC3)ccc2o1. The molecule has 0 saturated carbocycles. The Morgan fingerprint density at radius 2 is 2.19 bits per heavy atom. The van der Waals surface area contributed by atoms with Crippen LogP contribution in [0.1, 0.15) is 10.6 Å². The first kappa shape index (κ1) is 13.7. The number of ether oxygens (including phenoxy) is 1. The summed E-state index contributed by atoms with van der Waals surface area (Å²) in [4.78, 5) is 14.1. The van der Waals surface area contributed by atoms with E-state index in [4.69, 9.17) is 9.15 Å². The molecule has 0 amide bonds. The highest BCUT2D eigenvalue weighted by Gasteiger charge is 2.15. The summed E-state index contributed by atoms with van der Waals surface area (Å²) in [5.74, 6) is -0.237. The van der Waals surface area contributed by atoms with Crippen molar-refractivity contribution in [1.29, 1.82) is 0 Å². The molecule has 5 nitrogen and oxygen atoms in total. The number of benzene rings is 1. The van der Waals surface area contributed by atoms with Crippen LogP contribution in [-0.2, 0) is 4.74 Å². The molecule has 1 aromatic carbocycles. The van der Waals surface area contributed by atoms with Gasteiger partial charge in [0.2, 0.25) is 5.76 Å². The molecule has 1 N–H and O–H groups in total. The van der Waals surface area contributed by atoms with Crippen molar-refractivity contribution >= 4 is 22.6 Å². The molecular formula is C16H18N2O3. The summed E-state index contributed by atoms with van der Waals surface area (Å²) in [6, 6.07) is 7.70. The second-order valence-electron chi connectivity index (χ2n) is 4.96. The molecule has 1 aliphatic heterocycles. The molecule has 0 bridgehead atoms. The first-order valence-electron chi connectivity index (χ1n) is 7.05. The van der Waals surface area contributed by atoms with E-state index in [1.807, 2.05) is 12.1 Å². The molecule has 0 unspecified atom stereocenters. The van der Waals surface area contributed by atoms with Crippen LogP contribution in [0, 0.1) is 0 Å². The fourth-order valence-electron chi connectivity index (χ4n) is 2.46. The fourth-order valence-corrected chi connectivity index (χ4v) is 2.46. The van der Waals surface area contributed by atoms with E-state index >= 15 is 0 Å². The molecular weight excluding hydrogens is 268 g/mol. The smallest absolute Gasteiger partial charge is 0.374 e. The van der Waals surface area contributed by atoms with Gasteiger partial charge in [0, 0.05) is 37.3 Å². The molecule has 1 saturated heterocycles. The standard InChI is InChI=1S/C16H18N2O3/c1-2-9-20-16(19)15-11-12-10-13(3-4-14(12)21-15)18-7-5-17-6-8-18/h2-4,10-11,17H,1,5-9H2. The molecule has 0 spiro atoms. The molecule has 5 heteroatoms. The maximum Gasteiger partial charge on any atom is 0.374 e. The van der Waals surface area contributed by atoms with Crippen LogP contribution in [0.2, 0.25) is 0 Å². The van der Waals surface area contributed by atoms with E-state index in [2.05, 4.69) is 22.9 Å². The number of piperazine rings is 1. The van der Waals surface area contributed by atoms with Gasteiger partial charge in [-0.05, 0) is 24.3 Å². The highest BCUT2D eigenvalue weighted by molar-refractivity contribution is 5.93. The number of esters is 1. The number of carbonyl (C=O) groups excluding carboxylic acids is 1. The molecule has 0 atom stereocenters. The Morgan fingerprint density at radius 1 is 1.38 bits per heavy atom. The number of anilines is 1. The molecule has 3 rings (SSSR count). The van der Waals surface area contributed by atoms with Crippen molar-refractivity contribution in [2.45, 2.75) is 0 Å². The maximum atomic E-state index is 11.8. The fraction of sp³-hybridized carbons (Fsp3) is 0.312. The molecule has 0 radical (unpaired) electrons. The van der Waals surface area contributed by atoms with Crippen LogP contribution in [-0.4, -0.2) is 38.8 Å². The molecule has 1 aliphatic rings. The Kier molecular flexibility index (Phi) is 3.92. The predicted octanol–water partition coefficient (Wildman–Crippen LogP) is 2.19. The van der Waals surface area contributed by atoms with Crippen molar-refractivity contribution in [1.82, 2.24) is 5.32 Å². The van der Waals surface area contributed by atoms with Crippen LogP contribution < -0.4 is 10.2 Å². The Balaban J connectivity index is 1.84. The van der Waals surface area contributed by atoms with Gasteiger partial charge in [0.1, 0.15) is 12.2 Å². The minimum Gasteiger partial charge on any atom is -0.456 e. The number of carbonyl (C=O) groups is 1. The monoisotopic (exact) mass is 286 g/mol. The largest absolute Gasteiger partial charge is 0.456 e. The first-order valence-corrected chi connectivity index (χ1v) is 7.05. The Bertz CT molecular complexity index is 657. The van der Waals surface area contributed by atoms with E-state index in [0.717, 1.165) is 37.3 Å². The molecule has 2 aromatic rings. The van der Waals surface area contributed by atoms with Crippen LogP contribution in [0.3, 0.4) is 0 Å². The lowest BCUT2D eigenvalue weighted by molar-refractivity contribution is 0.0516. The maximum absolute atomic E-state index is 11.8. The van der Waals surface area contributed by atoms with Gasteiger partial charge in [0.25, 0.3) is 0 Å². The van der Waals surface area contributed by atoms with Crippen LogP contribution in [0.25, 0.3) is 11.0 Å². The molecule has 2 heterocycles. The summed E-state index contributed by atoms with van der Waals surface area (Å²) in [5.41, 5.74) is 1.84. The van der Waals surface area contributed by atoms with Crippen molar-refractivity contribution in [3.8, 4) is 0 Å². The van der Waals surface area contributed by atoms with Gasteiger partial charge in [-0.15, -0.1) is 0 Å². The summed E-state index contributed by atoms with van der Waals surface area (Å²) in [6.45, 7) is 7.64. The highest BCUT2D eigenvalue weighted by Crippen LogP contribution is 2.25. The lowest BCUT2D eigenvalue weighted by Gasteiger charge is -2.29. The van der Waals surface area contributed by atoms with Gasteiger partial charge in [-0.2, -0.15) is 0 Å². The molecule has 1 fully saturated rings. The summed E-state index contributed by atoms with van der Waals surface area (Å²) in [7, 11) is 0. The van der Waals surface area contributed by atoms with Crippen molar-refractivity contribution in [2.75, 3.05) is 37.7 Å². The molecule has 21 heavy (non-hydrogen) atoms. The van der Waals surface area contributed by atoms with Gasteiger partial charge in [-0.25, -0.2) is 4.79 Å². The summed E-state index contributed by atoms with van der Waals surface area (Å²) >= 11 is 0. The van der Waals surface area contributed by atoms with E-state index < -0.39 is 5.97 Å². The third-order valence-electron chi connectivity index (χ3n) is 3.52. The first-order chi connectivity index (χ1) is 10.3. The Labute approximate surface area is 123 Å². The number of nitrogens with zero attached hydrogens (tertiary/aromatic N) is 1. The van der Waals surface area contributed by atoms with Crippen LogP contribution in [0.15, 0.2) is 41.3 Å². The number of hydrogen-bond acceptors (Lipinski definition) is 5. The van der Waals surface area contributed by atoms with Gasteiger partial charge < -0.3 is 19.4 Å². The summed E-state index contributed by atoms with van der Waals surface area (Å²) < 4.78 is 10.5. The van der Waals surface area contributed by atoms with Gasteiger partial charge >= 0.3 is 5.97 Å². The van der Waals surface area contributed by atoms with E-state index in [9.17, 15) is 4.79 Å². The summed E-state index contributed by atoms with van der Waals surface area (Å²) in [5, 5.41) is 4.24. The summed E-state index contributed by atoms with van der Waals surface area (Å²) in [6.07, 6.45) is 1.53. The second-order valence-corrected chi connectivity index (χ2v) is 4.96. The number of hydrogen-bond donors (Lipinski definition) is 1. The minimum atomic E-state index is -0.463. The van der Waals surface area contributed by atoms with Crippen molar-refractivity contribution in [3.05, 3.63) is 42.7 Å². The number of furan rings is 1. The van der Waals surface area contributed by atoms with Gasteiger partial charge in [0.15, 0.2) is 0 Å². The number of rotatable bonds is 4. The lowest BCUT2D eigenvalue weighted by atomic mass is 10.2. The van der Waals surface area contributed by atoms with Crippen LogP contribution >= 0.6 is 0 Å². The lowest BCUT2D eigenvalue weighted by Crippen LogP contribution is -2.43. The Morgan fingerprint density at radius 3 is 2.95 bits per heavy atom. The van der Waals surface area contributed by atoms with E-state index in [1.54, 1.807) is 6.07 Å². The quantitative estimate of drug-likeness (QED) is 0.689. The third-order valence-corrected chi connectivity index (χ3v) is 3.52. The topological polar surface area (TPSA) is 54.7 Å². The van der Waals surface area contributed by atoms with Crippen LogP contribution in [0.4, 0.5) is 5.69 Å². The second kappa shape index (κ2) is 6.01. The van der Waals surface area contributed by atoms with Crippen LogP contribution in [0.5, 0.6) is 0 Å². The van der Waals surface area contributed by atoms with E-state index in [1.165, 1.54) is 6.08 Å². The van der Waals surface area contributed by atoms with Gasteiger partial charge in [-0.3, -0.25) is 0 Å². The van der Waals surface area contributed by atoms with Crippen molar-refractivity contribution in [2.24, 2.45) is 0 Å². The van der Waals surface area contributed by atoms with Crippen molar-refractivity contribution in [3.63, 3.8) is 0 Å². The average molecular weight is 286 g/mol. The Hall–Kier alpha value is -2.27. The zero-order valence-electron chi connectivity index (χ0n) is 11.8. The predicted molar refractivity (Wildman–Crippen MR) is 81.8 cm³/mol. The molecule has 0 aliphatic carbocycles. The number of fused-ring (bicyclic) bond motifs is 1. The molecule has 1 aromatic heterocycles. The zero-order chi connectivity index (χ0) is 14.7. The van der Waals surface area contributed by atoms with Gasteiger partial charge in [0.05, 0.1) is 0 Å². The number of nitrogens with one attached hydrogen (secondary N) is 1. The van der Waals surface area contributed by atoms with Crippen molar-refractivity contribution < 1.29 is 13.9 Å². The minimum absolute atomic E-state index is 0.182. The van der Waals surface area contributed by atoms with Gasteiger partial charge in [-0.1, -0.05) is 12.7 Å². The molecule has 110 valence electrons. The van der Waals surface area contributed by atoms with E-state index in [-0.39, 0.29) is 12.4 Å². The zero-order valence-corrected chi connectivity index (χ0v) is 11.8. The van der Waals surface area contributed by atoms with E-state index in [0.29, 0.717) is 5.58 Å². The highest BCUT2D eigenvalue weighted by atomic mass is 16.5.